The van der Waals surface area contributed by atoms with Crippen molar-refractivity contribution in [3.05, 3.63) is 58.6 Å². The van der Waals surface area contributed by atoms with Gasteiger partial charge >= 0.3 is 0 Å². The van der Waals surface area contributed by atoms with Gasteiger partial charge in [0.2, 0.25) is 11.8 Å². The van der Waals surface area contributed by atoms with Crippen molar-refractivity contribution < 1.29 is 9.59 Å². The summed E-state index contributed by atoms with van der Waals surface area (Å²) in [6.07, 6.45) is 0. The highest BCUT2D eigenvalue weighted by Gasteiger charge is 2.36. The number of nitrogens with one attached hydrogen (secondary N) is 2. The lowest BCUT2D eigenvalue weighted by Crippen LogP contribution is -2.41. The molecule has 2 N–H and O–H groups in total. The van der Waals surface area contributed by atoms with Crippen LogP contribution in [0.2, 0.25) is 0 Å². The quantitative estimate of drug-likeness (QED) is 0.782. The predicted molar refractivity (Wildman–Crippen MR) is 96.3 cm³/mol. The third-order valence-electron chi connectivity index (χ3n) is 3.53. The Bertz CT molecular complexity index is 808. The molecule has 0 spiro atoms. The van der Waals surface area contributed by atoms with Gasteiger partial charge in [-0.1, -0.05) is 12.1 Å². The van der Waals surface area contributed by atoms with Gasteiger partial charge in [-0.2, -0.15) is 5.26 Å². The van der Waals surface area contributed by atoms with E-state index < -0.39 is 17.2 Å². The standard InChI is InChI=1S/C18H16BrN3O2/c1-18(2,17(24)22-15-6-4-3-5-14(15)19)16(23)21-13-9-7-12(11-20)8-10-13/h3-10H,1-2H3,(H,21,23)(H,22,24). The number of benzene rings is 2. The number of amides is 2. The number of rotatable bonds is 4. The Balaban J connectivity index is 2.10. The maximum Gasteiger partial charge on any atom is 0.239 e. The smallest absolute Gasteiger partial charge is 0.239 e. The average Bonchev–Trinajstić information content (AvgIpc) is 2.57. The highest BCUT2D eigenvalue weighted by atomic mass is 79.9. The van der Waals surface area contributed by atoms with Gasteiger partial charge in [-0.15, -0.1) is 0 Å². The SMILES string of the molecule is CC(C)(C(=O)Nc1ccc(C#N)cc1)C(=O)Nc1ccccc1Br. The van der Waals surface area contributed by atoms with E-state index in [0.717, 1.165) is 4.47 Å². The number of hydrogen-bond acceptors (Lipinski definition) is 3. The summed E-state index contributed by atoms with van der Waals surface area (Å²) in [5.41, 5.74) is 0.352. The molecular weight excluding hydrogens is 370 g/mol. The fourth-order valence-corrected chi connectivity index (χ4v) is 2.24. The van der Waals surface area contributed by atoms with Crippen LogP contribution in [-0.4, -0.2) is 11.8 Å². The Morgan fingerprint density at radius 2 is 1.58 bits per heavy atom. The van der Waals surface area contributed by atoms with Crippen molar-refractivity contribution in [2.75, 3.05) is 10.6 Å². The first-order valence-electron chi connectivity index (χ1n) is 7.22. The van der Waals surface area contributed by atoms with Crippen LogP contribution in [0.25, 0.3) is 0 Å². The minimum atomic E-state index is -1.27. The van der Waals surface area contributed by atoms with Crippen LogP contribution >= 0.6 is 15.9 Å². The van der Waals surface area contributed by atoms with Gasteiger partial charge in [-0.3, -0.25) is 9.59 Å². The molecule has 0 aliphatic rings. The molecule has 0 atom stereocenters. The van der Waals surface area contributed by atoms with Crippen LogP contribution in [0.5, 0.6) is 0 Å². The molecule has 5 nitrogen and oxygen atoms in total. The zero-order valence-electron chi connectivity index (χ0n) is 13.3. The zero-order chi connectivity index (χ0) is 17.7. The third kappa shape index (κ3) is 4.00. The number of nitriles is 1. The number of carbonyl (C=O) groups excluding carboxylic acids is 2. The molecule has 0 bridgehead atoms. The van der Waals surface area contributed by atoms with Gasteiger partial charge in [0, 0.05) is 10.2 Å². The van der Waals surface area contributed by atoms with Gasteiger partial charge in [0.05, 0.1) is 17.3 Å². The molecule has 2 aromatic carbocycles. The Hall–Kier alpha value is -2.65. The van der Waals surface area contributed by atoms with Gasteiger partial charge in [0.25, 0.3) is 0 Å². The maximum atomic E-state index is 12.5. The van der Waals surface area contributed by atoms with Crippen molar-refractivity contribution in [2.45, 2.75) is 13.8 Å². The first-order chi connectivity index (χ1) is 11.3. The average molecular weight is 386 g/mol. The summed E-state index contributed by atoms with van der Waals surface area (Å²) in [5, 5.41) is 14.2. The fourth-order valence-electron chi connectivity index (χ4n) is 1.86. The van der Waals surface area contributed by atoms with Crippen LogP contribution < -0.4 is 10.6 Å². The minimum Gasteiger partial charge on any atom is -0.325 e. The number of halogens is 1. The molecule has 0 aliphatic carbocycles. The highest BCUT2D eigenvalue weighted by molar-refractivity contribution is 9.10. The van der Waals surface area contributed by atoms with E-state index in [0.29, 0.717) is 16.9 Å². The molecule has 0 aliphatic heterocycles. The molecular formula is C18H16BrN3O2. The van der Waals surface area contributed by atoms with Gasteiger partial charge < -0.3 is 10.6 Å². The van der Waals surface area contributed by atoms with Crippen LogP contribution in [0, 0.1) is 16.7 Å². The van der Waals surface area contributed by atoms with E-state index in [1.54, 1.807) is 56.3 Å². The molecule has 0 radical (unpaired) electrons. The molecule has 24 heavy (non-hydrogen) atoms. The van der Waals surface area contributed by atoms with E-state index in [1.807, 2.05) is 12.1 Å². The monoisotopic (exact) mass is 385 g/mol. The third-order valence-corrected chi connectivity index (χ3v) is 4.22. The Morgan fingerprint density at radius 3 is 2.17 bits per heavy atom. The summed E-state index contributed by atoms with van der Waals surface area (Å²) in [6.45, 7) is 3.11. The molecule has 0 unspecified atom stereocenters. The Morgan fingerprint density at radius 1 is 1.00 bits per heavy atom. The Kier molecular flexibility index (Phi) is 5.37. The van der Waals surface area contributed by atoms with Crippen LogP contribution in [0.15, 0.2) is 53.0 Å². The van der Waals surface area contributed by atoms with Crippen molar-refractivity contribution in [1.29, 1.82) is 5.26 Å². The summed E-state index contributed by atoms with van der Waals surface area (Å²) in [6, 6.07) is 15.6. The largest absolute Gasteiger partial charge is 0.325 e. The highest BCUT2D eigenvalue weighted by Crippen LogP contribution is 2.25. The zero-order valence-corrected chi connectivity index (χ0v) is 14.8. The van der Waals surface area contributed by atoms with Crippen LogP contribution in [0.4, 0.5) is 11.4 Å². The normalized spacial score (nSPS) is 10.6. The first-order valence-corrected chi connectivity index (χ1v) is 8.01. The van der Waals surface area contributed by atoms with Crippen molar-refractivity contribution in [3.63, 3.8) is 0 Å². The lowest BCUT2D eigenvalue weighted by molar-refractivity contribution is -0.135. The van der Waals surface area contributed by atoms with Crippen molar-refractivity contribution in [3.8, 4) is 6.07 Å². The van der Waals surface area contributed by atoms with Crippen LogP contribution in [0.1, 0.15) is 19.4 Å². The Labute approximate surface area is 148 Å². The molecule has 2 amide bonds. The molecule has 0 fully saturated rings. The number of hydrogen-bond donors (Lipinski definition) is 2. The molecule has 0 saturated heterocycles. The molecule has 2 rings (SSSR count). The molecule has 0 saturated carbocycles. The predicted octanol–water partition coefficient (Wildman–Crippen LogP) is 3.92. The molecule has 2 aromatic rings. The van der Waals surface area contributed by atoms with Crippen LogP contribution in [-0.2, 0) is 9.59 Å². The first kappa shape index (κ1) is 17.7. The maximum absolute atomic E-state index is 12.5. The summed E-state index contributed by atoms with van der Waals surface area (Å²) < 4.78 is 0.738. The number of para-hydroxylation sites is 1. The number of carbonyl (C=O) groups is 2. The molecule has 0 heterocycles. The van der Waals surface area contributed by atoms with Crippen LogP contribution in [0.3, 0.4) is 0 Å². The lowest BCUT2D eigenvalue weighted by atomic mass is 9.90. The van der Waals surface area contributed by atoms with E-state index in [2.05, 4.69) is 26.6 Å². The molecule has 0 aromatic heterocycles. The fraction of sp³-hybridized carbons (Fsp3) is 0.167. The second-order valence-corrected chi connectivity index (χ2v) is 6.56. The summed E-state index contributed by atoms with van der Waals surface area (Å²) in [5.74, 6) is -0.850. The van der Waals surface area contributed by atoms with E-state index in [4.69, 9.17) is 5.26 Å². The van der Waals surface area contributed by atoms with Gasteiger partial charge in [0.15, 0.2) is 0 Å². The van der Waals surface area contributed by atoms with E-state index in [9.17, 15) is 9.59 Å². The van der Waals surface area contributed by atoms with Crippen molar-refractivity contribution >= 4 is 39.1 Å². The van der Waals surface area contributed by atoms with Crippen molar-refractivity contribution in [2.24, 2.45) is 5.41 Å². The topological polar surface area (TPSA) is 82.0 Å². The summed E-state index contributed by atoms with van der Waals surface area (Å²) in [7, 11) is 0. The van der Waals surface area contributed by atoms with E-state index >= 15 is 0 Å². The number of nitrogens with zero attached hydrogens (tertiary/aromatic N) is 1. The summed E-state index contributed by atoms with van der Waals surface area (Å²) in [4.78, 5) is 24.9. The van der Waals surface area contributed by atoms with Gasteiger partial charge in [-0.25, -0.2) is 0 Å². The summed E-state index contributed by atoms with van der Waals surface area (Å²) >= 11 is 3.35. The van der Waals surface area contributed by atoms with E-state index in [-0.39, 0.29) is 0 Å². The van der Waals surface area contributed by atoms with Gasteiger partial charge in [-0.05, 0) is 66.2 Å². The number of anilines is 2. The lowest BCUT2D eigenvalue weighted by Gasteiger charge is -2.23. The van der Waals surface area contributed by atoms with E-state index in [1.165, 1.54) is 0 Å². The second-order valence-electron chi connectivity index (χ2n) is 5.70. The van der Waals surface area contributed by atoms with Gasteiger partial charge in [0.1, 0.15) is 5.41 Å². The van der Waals surface area contributed by atoms with Crippen molar-refractivity contribution in [1.82, 2.24) is 0 Å². The second kappa shape index (κ2) is 7.28. The minimum absolute atomic E-state index is 0.416. The molecule has 6 heteroatoms. The molecule has 122 valence electrons.